The van der Waals surface area contributed by atoms with Gasteiger partial charge in [-0.05, 0) is 39.5 Å². The molecular formula is C13H22N2O4S. The quantitative estimate of drug-likeness (QED) is 0.833. The fourth-order valence-electron chi connectivity index (χ4n) is 2.12. The minimum atomic E-state index is -3.06. The Balaban J connectivity index is 2.57. The van der Waals surface area contributed by atoms with Crippen LogP contribution in [0.1, 0.15) is 33.6 Å². The summed E-state index contributed by atoms with van der Waals surface area (Å²) in [7, 11) is -3.06. The molecule has 1 aliphatic rings. The zero-order chi connectivity index (χ0) is 15.4. The van der Waals surface area contributed by atoms with E-state index in [0.29, 0.717) is 12.8 Å². The van der Waals surface area contributed by atoms with E-state index >= 15 is 0 Å². The highest BCUT2D eigenvalue weighted by Gasteiger charge is 2.30. The van der Waals surface area contributed by atoms with Crippen molar-refractivity contribution in [2.75, 3.05) is 18.1 Å². The number of hydrogen-bond acceptors (Lipinski definition) is 5. The van der Waals surface area contributed by atoms with Crippen LogP contribution < -0.4 is 5.32 Å². The van der Waals surface area contributed by atoms with E-state index in [0.717, 1.165) is 0 Å². The zero-order valence-electron chi connectivity index (χ0n) is 12.2. The average Bonchev–Trinajstić information content (AvgIpc) is 2.43. The Labute approximate surface area is 120 Å². The van der Waals surface area contributed by atoms with Gasteiger partial charge in [0, 0.05) is 6.54 Å². The lowest BCUT2D eigenvalue weighted by atomic mass is 9.89. The maximum Gasteiger partial charge on any atom is 0.407 e. The monoisotopic (exact) mass is 302 g/mol. The lowest BCUT2D eigenvalue weighted by Crippen LogP contribution is -2.36. The molecule has 1 N–H and O–H groups in total. The molecule has 2 atom stereocenters. The zero-order valence-corrected chi connectivity index (χ0v) is 13.0. The first kappa shape index (κ1) is 16.8. The molecule has 1 rings (SSSR count). The maximum atomic E-state index is 11.6. The SMILES string of the molecule is CC(C)(C)OC(=O)NC[C@@H]1CCS(=O)(=O)CC[C@@H]1C#N. The summed E-state index contributed by atoms with van der Waals surface area (Å²) in [6.07, 6.45) is 0.192. The first-order valence-electron chi connectivity index (χ1n) is 6.70. The summed E-state index contributed by atoms with van der Waals surface area (Å²) in [5.41, 5.74) is -0.578. The molecule has 0 aromatic rings. The Morgan fingerprint density at radius 2 is 1.95 bits per heavy atom. The van der Waals surface area contributed by atoms with Crippen LogP contribution in [0.4, 0.5) is 4.79 Å². The Hall–Kier alpha value is -1.29. The molecule has 0 spiro atoms. The second-order valence-electron chi connectivity index (χ2n) is 6.11. The third kappa shape index (κ3) is 5.78. The summed E-state index contributed by atoms with van der Waals surface area (Å²) in [5.74, 6) is -0.369. The minimum Gasteiger partial charge on any atom is -0.444 e. The number of carbonyl (C=O) groups excluding carboxylic acids is 1. The molecule has 0 aliphatic carbocycles. The molecule has 1 saturated heterocycles. The van der Waals surface area contributed by atoms with Gasteiger partial charge in [0.25, 0.3) is 0 Å². The number of nitrogens with zero attached hydrogens (tertiary/aromatic N) is 1. The van der Waals surface area contributed by atoms with E-state index in [2.05, 4.69) is 11.4 Å². The fraction of sp³-hybridized carbons (Fsp3) is 0.846. The van der Waals surface area contributed by atoms with Crippen LogP contribution in [-0.2, 0) is 14.6 Å². The van der Waals surface area contributed by atoms with E-state index < -0.39 is 21.5 Å². The molecule has 0 bridgehead atoms. The van der Waals surface area contributed by atoms with Gasteiger partial charge in [-0.2, -0.15) is 5.26 Å². The molecule has 0 unspecified atom stereocenters. The lowest BCUT2D eigenvalue weighted by Gasteiger charge is -2.22. The van der Waals surface area contributed by atoms with Crippen molar-refractivity contribution < 1.29 is 17.9 Å². The van der Waals surface area contributed by atoms with Crippen molar-refractivity contribution >= 4 is 15.9 Å². The van der Waals surface area contributed by atoms with Gasteiger partial charge in [-0.3, -0.25) is 0 Å². The highest BCUT2D eigenvalue weighted by Crippen LogP contribution is 2.24. The Morgan fingerprint density at radius 3 is 2.50 bits per heavy atom. The molecule has 6 nitrogen and oxygen atoms in total. The molecule has 0 saturated carbocycles. The van der Waals surface area contributed by atoms with Crippen molar-refractivity contribution in [1.29, 1.82) is 5.26 Å². The Kier molecular flexibility index (Phi) is 5.40. The van der Waals surface area contributed by atoms with Crippen molar-refractivity contribution in [3.05, 3.63) is 0 Å². The van der Waals surface area contributed by atoms with E-state index in [1.165, 1.54) is 0 Å². The van der Waals surface area contributed by atoms with Crippen molar-refractivity contribution in [1.82, 2.24) is 5.32 Å². The molecule has 114 valence electrons. The lowest BCUT2D eigenvalue weighted by molar-refractivity contribution is 0.0515. The molecule has 1 aliphatic heterocycles. The molecule has 1 heterocycles. The van der Waals surface area contributed by atoms with Crippen LogP contribution in [0, 0.1) is 23.2 Å². The van der Waals surface area contributed by atoms with Gasteiger partial charge in [-0.1, -0.05) is 0 Å². The summed E-state index contributed by atoms with van der Waals surface area (Å²) < 4.78 is 28.3. The summed E-state index contributed by atoms with van der Waals surface area (Å²) in [5, 5.41) is 11.7. The number of nitrogens with one attached hydrogen (secondary N) is 1. The van der Waals surface area contributed by atoms with E-state index in [9.17, 15) is 13.2 Å². The number of alkyl carbamates (subject to hydrolysis) is 1. The van der Waals surface area contributed by atoms with Crippen LogP contribution >= 0.6 is 0 Å². The van der Waals surface area contributed by atoms with Crippen molar-refractivity contribution in [2.45, 2.75) is 39.2 Å². The second kappa shape index (κ2) is 6.44. The molecule has 1 fully saturated rings. The first-order chi connectivity index (χ1) is 9.13. The van der Waals surface area contributed by atoms with E-state index in [1.54, 1.807) is 20.8 Å². The second-order valence-corrected chi connectivity index (χ2v) is 8.41. The highest BCUT2D eigenvalue weighted by molar-refractivity contribution is 7.91. The van der Waals surface area contributed by atoms with Crippen LogP contribution in [0.15, 0.2) is 0 Å². The summed E-state index contributed by atoms with van der Waals surface area (Å²) in [6.45, 7) is 5.57. The number of rotatable bonds is 2. The first-order valence-corrected chi connectivity index (χ1v) is 8.52. The van der Waals surface area contributed by atoms with E-state index in [-0.39, 0.29) is 29.9 Å². The molecule has 7 heteroatoms. The Bertz CT molecular complexity index is 487. The highest BCUT2D eigenvalue weighted by atomic mass is 32.2. The van der Waals surface area contributed by atoms with Crippen LogP contribution in [0.5, 0.6) is 0 Å². The number of hydrogen-bond donors (Lipinski definition) is 1. The van der Waals surface area contributed by atoms with Gasteiger partial charge in [-0.15, -0.1) is 0 Å². The normalized spacial score (nSPS) is 26.1. The maximum absolute atomic E-state index is 11.6. The van der Waals surface area contributed by atoms with Gasteiger partial charge in [0.15, 0.2) is 0 Å². The predicted molar refractivity (Wildman–Crippen MR) is 74.7 cm³/mol. The third-order valence-corrected chi connectivity index (χ3v) is 4.90. The molecule has 0 radical (unpaired) electrons. The number of ether oxygens (including phenoxy) is 1. The average molecular weight is 302 g/mol. The van der Waals surface area contributed by atoms with Crippen LogP contribution in [0.3, 0.4) is 0 Å². The predicted octanol–water partition coefficient (Wildman–Crippen LogP) is 1.48. The molecule has 0 aromatic carbocycles. The smallest absolute Gasteiger partial charge is 0.407 e. The van der Waals surface area contributed by atoms with Gasteiger partial charge in [-0.25, -0.2) is 13.2 Å². The molecule has 1 amide bonds. The molecule has 0 aromatic heterocycles. The largest absolute Gasteiger partial charge is 0.444 e. The van der Waals surface area contributed by atoms with E-state index in [1.807, 2.05) is 0 Å². The van der Waals surface area contributed by atoms with Crippen LogP contribution in [-0.4, -0.2) is 38.2 Å². The number of carbonyl (C=O) groups is 1. The van der Waals surface area contributed by atoms with Crippen molar-refractivity contribution in [2.24, 2.45) is 11.8 Å². The van der Waals surface area contributed by atoms with Gasteiger partial charge in [0.1, 0.15) is 15.4 Å². The van der Waals surface area contributed by atoms with Gasteiger partial charge >= 0.3 is 6.09 Å². The molecular weight excluding hydrogens is 280 g/mol. The molecule has 20 heavy (non-hydrogen) atoms. The summed E-state index contributed by atoms with van der Waals surface area (Å²) >= 11 is 0. The van der Waals surface area contributed by atoms with Crippen molar-refractivity contribution in [3.8, 4) is 6.07 Å². The van der Waals surface area contributed by atoms with Gasteiger partial charge in [0.2, 0.25) is 0 Å². The van der Waals surface area contributed by atoms with Gasteiger partial charge < -0.3 is 10.1 Å². The van der Waals surface area contributed by atoms with E-state index in [4.69, 9.17) is 10.00 Å². The number of nitriles is 1. The van der Waals surface area contributed by atoms with Crippen LogP contribution in [0.25, 0.3) is 0 Å². The van der Waals surface area contributed by atoms with Gasteiger partial charge in [0.05, 0.1) is 23.5 Å². The number of amides is 1. The minimum absolute atomic E-state index is 0.0498. The van der Waals surface area contributed by atoms with Crippen LogP contribution in [0.2, 0.25) is 0 Å². The summed E-state index contributed by atoms with van der Waals surface area (Å²) in [4.78, 5) is 11.6. The standard InChI is InChI=1S/C13H22N2O4S/c1-13(2,3)19-12(16)15-9-11-5-7-20(17,18)6-4-10(11)8-14/h10-11H,4-7,9H2,1-3H3,(H,15,16)/t10-,11+/m1/s1. The number of sulfone groups is 1. The van der Waals surface area contributed by atoms with Crippen molar-refractivity contribution in [3.63, 3.8) is 0 Å². The third-order valence-electron chi connectivity index (χ3n) is 3.18. The fourth-order valence-corrected chi connectivity index (χ4v) is 3.60. The topological polar surface area (TPSA) is 96.3 Å². The summed E-state index contributed by atoms with van der Waals surface area (Å²) in [6, 6.07) is 2.15. The Morgan fingerprint density at radius 1 is 1.35 bits per heavy atom.